The van der Waals surface area contributed by atoms with Gasteiger partial charge < -0.3 is 23.4 Å². The van der Waals surface area contributed by atoms with Crippen molar-refractivity contribution in [3.8, 4) is 28.4 Å². The lowest BCUT2D eigenvalue weighted by molar-refractivity contribution is -0.149. The molecule has 3 rings (SSSR count). The van der Waals surface area contributed by atoms with Gasteiger partial charge in [0.2, 0.25) is 5.43 Å². The van der Waals surface area contributed by atoms with E-state index in [9.17, 15) is 9.59 Å². The highest BCUT2D eigenvalue weighted by Gasteiger charge is 2.16. The van der Waals surface area contributed by atoms with Crippen LogP contribution in [-0.4, -0.2) is 32.9 Å². The Morgan fingerprint density at radius 3 is 2.43 bits per heavy atom. The van der Waals surface area contributed by atoms with Gasteiger partial charge in [-0.05, 0) is 50.6 Å². The highest BCUT2D eigenvalue weighted by atomic mass is 16.6. The summed E-state index contributed by atoms with van der Waals surface area (Å²) < 4.78 is 27.0. The molecule has 2 aromatic carbocycles. The number of hydrogen-bond acceptors (Lipinski definition) is 7. The van der Waals surface area contributed by atoms with Gasteiger partial charge in [-0.25, -0.2) is 4.79 Å². The van der Waals surface area contributed by atoms with Crippen molar-refractivity contribution in [3.63, 3.8) is 0 Å². The molecule has 0 saturated heterocycles. The maximum atomic E-state index is 13.2. The van der Waals surface area contributed by atoms with Crippen molar-refractivity contribution in [2.75, 3.05) is 20.8 Å². The average Bonchev–Trinajstić information content (AvgIpc) is 2.71. The zero-order valence-electron chi connectivity index (χ0n) is 17.6. The number of aryl methyl sites for hydroxylation is 1. The molecule has 7 heteroatoms. The molecule has 158 valence electrons. The second-order valence-electron chi connectivity index (χ2n) is 6.92. The molecule has 30 heavy (non-hydrogen) atoms. The number of ether oxygens (including phenoxy) is 4. The van der Waals surface area contributed by atoms with Gasteiger partial charge in [-0.3, -0.25) is 4.79 Å². The molecule has 0 aliphatic rings. The van der Waals surface area contributed by atoms with Crippen LogP contribution in [0.2, 0.25) is 0 Å². The molecule has 0 spiro atoms. The van der Waals surface area contributed by atoms with Gasteiger partial charge in [-0.2, -0.15) is 0 Å². The van der Waals surface area contributed by atoms with Crippen molar-refractivity contribution in [1.29, 1.82) is 0 Å². The number of methoxy groups -OCH3 is 2. The van der Waals surface area contributed by atoms with Crippen molar-refractivity contribution >= 4 is 16.9 Å². The van der Waals surface area contributed by atoms with Crippen molar-refractivity contribution in [2.45, 2.75) is 26.9 Å². The monoisotopic (exact) mass is 412 g/mol. The van der Waals surface area contributed by atoms with Crippen LogP contribution in [0.15, 0.2) is 45.6 Å². The summed E-state index contributed by atoms with van der Waals surface area (Å²) in [6.07, 6.45) is -0.214. The van der Waals surface area contributed by atoms with Gasteiger partial charge in [0.05, 0.1) is 31.3 Å². The second kappa shape index (κ2) is 8.90. The predicted octanol–water partition coefficient (Wildman–Crippen LogP) is 4.12. The van der Waals surface area contributed by atoms with E-state index in [4.69, 9.17) is 23.4 Å². The largest absolute Gasteiger partial charge is 0.493 e. The molecule has 1 aromatic heterocycles. The molecule has 1 heterocycles. The fraction of sp³-hybridized carbons (Fsp3) is 0.304. The lowest BCUT2D eigenvalue weighted by Crippen LogP contribution is -2.18. The van der Waals surface area contributed by atoms with E-state index in [1.165, 1.54) is 7.11 Å². The van der Waals surface area contributed by atoms with Gasteiger partial charge in [0.25, 0.3) is 0 Å². The Kier molecular flexibility index (Phi) is 6.30. The third kappa shape index (κ3) is 4.40. The Labute approximate surface area is 174 Å². The van der Waals surface area contributed by atoms with E-state index in [1.54, 1.807) is 64.3 Å². The van der Waals surface area contributed by atoms with Crippen molar-refractivity contribution in [2.24, 2.45) is 0 Å². The maximum Gasteiger partial charge on any atom is 0.344 e. The molecule has 0 atom stereocenters. The highest BCUT2D eigenvalue weighted by Crippen LogP contribution is 2.33. The van der Waals surface area contributed by atoms with E-state index in [1.807, 2.05) is 0 Å². The third-order valence-electron chi connectivity index (χ3n) is 4.44. The van der Waals surface area contributed by atoms with Crippen molar-refractivity contribution in [3.05, 3.63) is 52.4 Å². The van der Waals surface area contributed by atoms with Gasteiger partial charge in [0, 0.05) is 6.07 Å². The summed E-state index contributed by atoms with van der Waals surface area (Å²) >= 11 is 0. The standard InChI is InChI=1S/C23H24O7/c1-13(2)29-21(24)12-28-16-7-8-17-19(11-16)30-14(3)22(23(17)25)15-6-9-18(26-4)20(10-15)27-5/h6-11,13H,12H2,1-5H3. The lowest BCUT2D eigenvalue weighted by Gasteiger charge is -2.12. The fourth-order valence-corrected chi connectivity index (χ4v) is 3.14. The molecular formula is C23H24O7. The molecule has 0 aliphatic carbocycles. The van der Waals surface area contributed by atoms with E-state index >= 15 is 0 Å². The fourth-order valence-electron chi connectivity index (χ4n) is 3.14. The van der Waals surface area contributed by atoms with E-state index in [-0.39, 0.29) is 18.1 Å². The van der Waals surface area contributed by atoms with Crippen LogP contribution in [0.3, 0.4) is 0 Å². The Bertz CT molecular complexity index is 1130. The van der Waals surface area contributed by atoms with E-state index < -0.39 is 5.97 Å². The summed E-state index contributed by atoms with van der Waals surface area (Å²) in [6.45, 7) is 5.03. The summed E-state index contributed by atoms with van der Waals surface area (Å²) in [5.41, 5.74) is 1.30. The van der Waals surface area contributed by atoms with Crippen LogP contribution < -0.4 is 19.6 Å². The van der Waals surface area contributed by atoms with Crippen LogP contribution in [0, 0.1) is 6.92 Å². The summed E-state index contributed by atoms with van der Waals surface area (Å²) in [7, 11) is 3.09. The molecular weight excluding hydrogens is 388 g/mol. The van der Waals surface area contributed by atoms with Gasteiger partial charge in [-0.1, -0.05) is 6.07 Å². The van der Waals surface area contributed by atoms with Crippen LogP contribution in [0.1, 0.15) is 19.6 Å². The number of esters is 1. The molecule has 0 amide bonds. The van der Waals surface area contributed by atoms with E-state index in [2.05, 4.69) is 0 Å². The van der Waals surface area contributed by atoms with Crippen molar-refractivity contribution in [1.82, 2.24) is 0 Å². The Balaban J connectivity index is 1.96. The van der Waals surface area contributed by atoms with Crippen LogP contribution >= 0.6 is 0 Å². The molecule has 0 saturated carbocycles. The molecule has 0 fully saturated rings. The number of benzene rings is 2. The van der Waals surface area contributed by atoms with Crippen LogP contribution in [-0.2, 0) is 9.53 Å². The molecule has 3 aromatic rings. The molecule has 0 unspecified atom stereocenters. The Hall–Kier alpha value is -3.48. The van der Waals surface area contributed by atoms with E-state index in [0.717, 1.165) is 0 Å². The Morgan fingerprint density at radius 1 is 1.03 bits per heavy atom. The number of fused-ring (bicyclic) bond motifs is 1. The summed E-state index contributed by atoms with van der Waals surface area (Å²) in [6, 6.07) is 10.1. The summed E-state index contributed by atoms with van der Waals surface area (Å²) in [5.74, 6) is 1.49. The third-order valence-corrected chi connectivity index (χ3v) is 4.44. The second-order valence-corrected chi connectivity index (χ2v) is 6.92. The first-order valence-electron chi connectivity index (χ1n) is 9.46. The molecule has 0 N–H and O–H groups in total. The molecule has 0 bridgehead atoms. The Morgan fingerprint density at radius 2 is 1.77 bits per heavy atom. The average molecular weight is 412 g/mol. The zero-order valence-corrected chi connectivity index (χ0v) is 17.6. The zero-order chi connectivity index (χ0) is 21.8. The highest BCUT2D eigenvalue weighted by molar-refractivity contribution is 5.84. The van der Waals surface area contributed by atoms with Gasteiger partial charge in [-0.15, -0.1) is 0 Å². The predicted molar refractivity (Wildman–Crippen MR) is 112 cm³/mol. The summed E-state index contributed by atoms with van der Waals surface area (Å²) in [4.78, 5) is 24.8. The van der Waals surface area contributed by atoms with E-state index in [0.29, 0.717) is 45.1 Å². The SMILES string of the molecule is COc1ccc(-c2c(C)oc3cc(OCC(=O)OC(C)C)ccc3c2=O)cc1OC. The lowest BCUT2D eigenvalue weighted by atomic mass is 10.0. The first-order chi connectivity index (χ1) is 14.3. The minimum atomic E-state index is -0.466. The molecule has 0 radical (unpaired) electrons. The summed E-state index contributed by atoms with van der Waals surface area (Å²) in [5, 5.41) is 0.405. The van der Waals surface area contributed by atoms with Gasteiger partial charge in [0.1, 0.15) is 17.1 Å². The van der Waals surface area contributed by atoms with Gasteiger partial charge in [0.15, 0.2) is 18.1 Å². The molecule has 0 aliphatic heterocycles. The quantitative estimate of drug-likeness (QED) is 0.540. The topological polar surface area (TPSA) is 84.2 Å². The number of rotatable bonds is 7. The van der Waals surface area contributed by atoms with Gasteiger partial charge >= 0.3 is 5.97 Å². The minimum absolute atomic E-state index is 0.174. The van der Waals surface area contributed by atoms with Crippen LogP contribution in [0.25, 0.3) is 22.1 Å². The molecule has 7 nitrogen and oxygen atoms in total. The van der Waals surface area contributed by atoms with Crippen LogP contribution in [0.5, 0.6) is 17.2 Å². The maximum absolute atomic E-state index is 13.2. The number of hydrogen-bond donors (Lipinski definition) is 0. The first-order valence-corrected chi connectivity index (χ1v) is 9.46. The first kappa shape index (κ1) is 21.2. The number of carbonyl (C=O) groups excluding carboxylic acids is 1. The van der Waals surface area contributed by atoms with Crippen LogP contribution in [0.4, 0.5) is 0 Å². The minimum Gasteiger partial charge on any atom is -0.493 e. The normalized spacial score (nSPS) is 10.9. The van der Waals surface area contributed by atoms with Crippen molar-refractivity contribution < 1.29 is 28.2 Å². The number of carbonyl (C=O) groups is 1. The smallest absolute Gasteiger partial charge is 0.344 e.